The molecule has 0 fully saturated rings. The van der Waals surface area contributed by atoms with Crippen molar-refractivity contribution in [1.29, 1.82) is 0 Å². The predicted molar refractivity (Wildman–Crippen MR) is 92.7 cm³/mol. The van der Waals surface area contributed by atoms with Gasteiger partial charge in [0.25, 0.3) is 5.56 Å². The zero-order chi connectivity index (χ0) is 17.7. The Balaban J connectivity index is 1.95. The van der Waals surface area contributed by atoms with Gasteiger partial charge in [0.05, 0.1) is 5.75 Å². The molecule has 0 radical (unpaired) electrons. The Morgan fingerprint density at radius 2 is 1.96 bits per heavy atom. The van der Waals surface area contributed by atoms with Gasteiger partial charge in [0.1, 0.15) is 0 Å². The van der Waals surface area contributed by atoms with E-state index in [0.29, 0.717) is 10.6 Å². The number of aromatic amines is 1. The molecule has 1 atom stereocenters. The van der Waals surface area contributed by atoms with E-state index in [0.717, 1.165) is 0 Å². The van der Waals surface area contributed by atoms with Crippen LogP contribution in [0.2, 0.25) is 5.02 Å². The van der Waals surface area contributed by atoms with E-state index in [1.807, 2.05) is 0 Å². The van der Waals surface area contributed by atoms with Crippen molar-refractivity contribution in [2.45, 2.75) is 25.9 Å². The van der Waals surface area contributed by atoms with Gasteiger partial charge in [-0.25, -0.2) is 17.9 Å². The normalized spacial score (nSPS) is 12.9. The second kappa shape index (κ2) is 7.78. The van der Waals surface area contributed by atoms with Gasteiger partial charge in [-0.1, -0.05) is 29.8 Å². The van der Waals surface area contributed by atoms with Crippen LogP contribution in [0.25, 0.3) is 0 Å². The van der Waals surface area contributed by atoms with Crippen molar-refractivity contribution in [2.75, 3.05) is 5.75 Å². The smallest absolute Gasteiger partial charge is 0.301 e. The molecule has 1 unspecified atom stereocenters. The maximum atomic E-state index is 12.2. The first-order chi connectivity index (χ1) is 11.3. The number of hydrogen-bond acceptors (Lipinski definition) is 4. The number of sulfonamides is 1. The first kappa shape index (κ1) is 18.4. The molecule has 7 nitrogen and oxygen atoms in total. The molecule has 9 heteroatoms. The Morgan fingerprint density at radius 3 is 2.62 bits per heavy atom. The van der Waals surface area contributed by atoms with Gasteiger partial charge < -0.3 is 4.57 Å². The zero-order valence-electron chi connectivity index (χ0n) is 13.0. The van der Waals surface area contributed by atoms with Crippen LogP contribution in [0.15, 0.2) is 46.1 Å². The Labute approximate surface area is 144 Å². The monoisotopic (exact) mass is 371 g/mol. The lowest BCUT2D eigenvalue weighted by molar-refractivity contribution is 0.556. The van der Waals surface area contributed by atoms with E-state index in [1.165, 1.54) is 16.8 Å². The summed E-state index contributed by atoms with van der Waals surface area (Å²) in [5.74, 6) is -0.145. The Morgan fingerprint density at radius 1 is 1.25 bits per heavy atom. The van der Waals surface area contributed by atoms with Crippen molar-refractivity contribution in [3.05, 3.63) is 68.0 Å². The first-order valence-corrected chi connectivity index (χ1v) is 9.36. The van der Waals surface area contributed by atoms with Crippen LogP contribution in [-0.2, 0) is 16.6 Å². The molecule has 1 aromatic carbocycles. The van der Waals surface area contributed by atoms with Gasteiger partial charge >= 0.3 is 5.69 Å². The molecule has 1 aromatic heterocycles. The van der Waals surface area contributed by atoms with Gasteiger partial charge in [0.15, 0.2) is 0 Å². The van der Waals surface area contributed by atoms with E-state index in [1.54, 1.807) is 31.2 Å². The highest BCUT2D eigenvalue weighted by atomic mass is 35.5. The quantitative estimate of drug-likeness (QED) is 0.765. The SMILES string of the molecule is CC(NS(=O)(=O)CCCn1ccc(=O)[nH]c1=O)c1ccccc1Cl. The predicted octanol–water partition coefficient (Wildman–Crippen LogP) is 1.26. The molecule has 0 amide bonds. The standard InChI is InChI=1S/C15H18ClN3O4S/c1-11(12-5-2-3-6-13(12)16)18-24(22,23)10-4-8-19-9-7-14(20)17-15(19)21/h2-3,5-7,9,11,18H,4,8,10H2,1H3,(H,17,20,21). The summed E-state index contributed by atoms with van der Waals surface area (Å²) >= 11 is 6.06. The summed E-state index contributed by atoms with van der Waals surface area (Å²) in [6.07, 6.45) is 1.57. The van der Waals surface area contributed by atoms with Gasteiger partial charge in [0, 0.05) is 29.9 Å². The van der Waals surface area contributed by atoms with Crippen molar-refractivity contribution in [1.82, 2.24) is 14.3 Å². The molecule has 0 bridgehead atoms. The molecule has 0 aliphatic carbocycles. The Bertz CT molecular complexity index is 921. The lowest BCUT2D eigenvalue weighted by Gasteiger charge is -2.16. The van der Waals surface area contributed by atoms with Crippen molar-refractivity contribution in [3.8, 4) is 0 Å². The second-order valence-corrected chi connectivity index (χ2v) is 7.62. The average molecular weight is 372 g/mol. The Kier molecular flexibility index (Phi) is 5.98. The van der Waals surface area contributed by atoms with E-state index in [4.69, 9.17) is 11.6 Å². The number of nitrogens with one attached hydrogen (secondary N) is 2. The molecule has 0 aliphatic rings. The molecule has 2 N–H and O–H groups in total. The molecule has 1 heterocycles. The topological polar surface area (TPSA) is 101 Å². The molecule has 2 aromatic rings. The van der Waals surface area contributed by atoms with Crippen molar-refractivity contribution in [2.24, 2.45) is 0 Å². The number of nitrogens with zero attached hydrogens (tertiary/aromatic N) is 1. The van der Waals surface area contributed by atoms with Crippen LogP contribution in [0.4, 0.5) is 0 Å². The maximum Gasteiger partial charge on any atom is 0.328 e. The molecular weight excluding hydrogens is 354 g/mol. The molecule has 0 aliphatic heterocycles. The molecule has 0 saturated carbocycles. The number of halogens is 1. The number of rotatable bonds is 7. The minimum Gasteiger partial charge on any atom is -0.301 e. The van der Waals surface area contributed by atoms with Crippen LogP contribution >= 0.6 is 11.6 Å². The van der Waals surface area contributed by atoms with Crippen molar-refractivity contribution < 1.29 is 8.42 Å². The lowest BCUT2D eigenvalue weighted by Crippen LogP contribution is -2.32. The van der Waals surface area contributed by atoms with Crippen LogP contribution in [0.5, 0.6) is 0 Å². The summed E-state index contributed by atoms with van der Waals surface area (Å²) < 4.78 is 28.1. The highest BCUT2D eigenvalue weighted by Crippen LogP contribution is 2.22. The number of benzene rings is 1. The fraction of sp³-hybridized carbons (Fsp3) is 0.333. The molecule has 0 spiro atoms. The highest BCUT2D eigenvalue weighted by Gasteiger charge is 2.17. The molecule has 24 heavy (non-hydrogen) atoms. The second-order valence-electron chi connectivity index (χ2n) is 5.34. The third-order valence-electron chi connectivity index (χ3n) is 3.44. The largest absolute Gasteiger partial charge is 0.328 e. The maximum absolute atomic E-state index is 12.2. The van der Waals surface area contributed by atoms with E-state index >= 15 is 0 Å². The van der Waals surface area contributed by atoms with Gasteiger partial charge in [0.2, 0.25) is 10.0 Å². The first-order valence-electron chi connectivity index (χ1n) is 7.33. The van der Waals surface area contributed by atoms with Gasteiger partial charge in [-0.05, 0) is 25.0 Å². The third kappa shape index (κ3) is 5.05. The summed E-state index contributed by atoms with van der Waals surface area (Å²) in [6.45, 7) is 1.90. The Hall–Kier alpha value is -1.90. The van der Waals surface area contributed by atoms with Gasteiger partial charge in [-0.3, -0.25) is 9.78 Å². The highest BCUT2D eigenvalue weighted by molar-refractivity contribution is 7.89. The van der Waals surface area contributed by atoms with Crippen LogP contribution in [0.3, 0.4) is 0 Å². The number of H-pyrrole nitrogens is 1. The van der Waals surface area contributed by atoms with E-state index in [-0.39, 0.29) is 18.7 Å². The minimum atomic E-state index is -3.53. The fourth-order valence-corrected chi connectivity index (χ4v) is 3.86. The van der Waals surface area contributed by atoms with Crippen LogP contribution < -0.4 is 16.0 Å². The molecular formula is C15H18ClN3O4S. The summed E-state index contributed by atoms with van der Waals surface area (Å²) in [7, 11) is -3.53. The van der Waals surface area contributed by atoms with Crippen molar-refractivity contribution in [3.63, 3.8) is 0 Å². The third-order valence-corrected chi connectivity index (χ3v) is 5.32. The van der Waals surface area contributed by atoms with Crippen LogP contribution in [0.1, 0.15) is 24.9 Å². The summed E-state index contributed by atoms with van der Waals surface area (Å²) in [6, 6.07) is 7.77. The molecule has 0 saturated heterocycles. The van der Waals surface area contributed by atoms with E-state index in [2.05, 4.69) is 9.71 Å². The van der Waals surface area contributed by atoms with Gasteiger partial charge in [-0.2, -0.15) is 0 Å². The average Bonchev–Trinajstić information content (AvgIpc) is 2.49. The summed E-state index contributed by atoms with van der Waals surface area (Å²) in [5, 5.41) is 0.493. The van der Waals surface area contributed by atoms with Crippen LogP contribution in [-0.4, -0.2) is 23.7 Å². The summed E-state index contributed by atoms with van der Waals surface area (Å²) in [4.78, 5) is 24.6. The van der Waals surface area contributed by atoms with Crippen LogP contribution in [0, 0.1) is 0 Å². The lowest BCUT2D eigenvalue weighted by atomic mass is 10.1. The zero-order valence-corrected chi connectivity index (χ0v) is 14.6. The minimum absolute atomic E-state index is 0.145. The fourth-order valence-electron chi connectivity index (χ4n) is 2.26. The van der Waals surface area contributed by atoms with Crippen molar-refractivity contribution >= 4 is 21.6 Å². The molecule has 130 valence electrons. The van der Waals surface area contributed by atoms with E-state index < -0.39 is 27.3 Å². The summed E-state index contributed by atoms with van der Waals surface area (Å²) in [5.41, 5.74) is -0.351. The van der Waals surface area contributed by atoms with Gasteiger partial charge in [-0.15, -0.1) is 0 Å². The molecule has 2 rings (SSSR count). The number of aryl methyl sites for hydroxylation is 1. The van der Waals surface area contributed by atoms with E-state index in [9.17, 15) is 18.0 Å². The number of aromatic nitrogens is 2. The number of hydrogen-bond donors (Lipinski definition) is 2.